The molecular formula is C24H24N6O3S. The number of nitrogens with zero attached hydrogens (tertiary/aromatic N) is 2. The van der Waals surface area contributed by atoms with Crippen molar-refractivity contribution in [3.05, 3.63) is 71.0 Å². The number of rotatable bonds is 4. The van der Waals surface area contributed by atoms with E-state index in [4.69, 9.17) is 16.2 Å². The van der Waals surface area contributed by atoms with Crippen molar-refractivity contribution in [2.24, 2.45) is 5.73 Å². The van der Waals surface area contributed by atoms with Gasteiger partial charge in [-0.25, -0.2) is 4.79 Å². The van der Waals surface area contributed by atoms with Gasteiger partial charge in [0, 0.05) is 58.0 Å². The monoisotopic (exact) mass is 476 g/mol. The fourth-order valence-electron chi connectivity index (χ4n) is 4.32. The van der Waals surface area contributed by atoms with Crippen LogP contribution in [0.25, 0.3) is 10.8 Å². The third-order valence-corrected chi connectivity index (χ3v) is 7.55. The minimum absolute atomic E-state index is 0.214. The van der Waals surface area contributed by atoms with Gasteiger partial charge in [-0.05, 0) is 30.3 Å². The highest BCUT2D eigenvalue weighted by molar-refractivity contribution is 8.05. The molecule has 1 aromatic heterocycles. The molecule has 0 fully saturated rings. The van der Waals surface area contributed by atoms with Gasteiger partial charge in [-0.2, -0.15) is 0 Å². The minimum atomic E-state index is -1.27. The van der Waals surface area contributed by atoms with Crippen LogP contribution in [0.1, 0.15) is 12.0 Å². The summed E-state index contributed by atoms with van der Waals surface area (Å²) >= 11 is 1.30. The SMILES string of the molecule is COc1ccc(N)c(C2(C(N)=O)NC3=C(CN(C(=O)Nc4cccc5cnccc45)CC3)S2)c1. The molecule has 0 spiro atoms. The lowest BCUT2D eigenvalue weighted by atomic mass is 10.0. The smallest absolute Gasteiger partial charge is 0.322 e. The predicted molar refractivity (Wildman–Crippen MR) is 133 cm³/mol. The molecule has 0 aliphatic carbocycles. The number of carbonyl (C=O) groups excluding carboxylic acids is 2. The molecule has 2 aliphatic rings. The van der Waals surface area contributed by atoms with Gasteiger partial charge in [-0.15, -0.1) is 0 Å². The molecule has 3 aromatic rings. The number of carbonyl (C=O) groups is 2. The van der Waals surface area contributed by atoms with Crippen LogP contribution in [0.4, 0.5) is 16.2 Å². The van der Waals surface area contributed by atoms with E-state index in [1.807, 2.05) is 24.3 Å². The summed E-state index contributed by atoms with van der Waals surface area (Å²) in [5.41, 5.74) is 14.7. The molecule has 3 heterocycles. The van der Waals surface area contributed by atoms with Gasteiger partial charge in [-0.3, -0.25) is 9.78 Å². The molecule has 0 radical (unpaired) electrons. The van der Waals surface area contributed by atoms with Crippen LogP contribution in [-0.2, 0) is 9.67 Å². The van der Waals surface area contributed by atoms with Gasteiger partial charge in [0.25, 0.3) is 5.91 Å². The van der Waals surface area contributed by atoms with E-state index in [-0.39, 0.29) is 6.03 Å². The summed E-state index contributed by atoms with van der Waals surface area (Å²) in [7, 11) is 1.55. The number of hydrogen-bond acceptors (Lipinski definition) is 7. The summed E-state index contributed by atoms with van der Waals surface area (Å²) in [6, 6.07) is 12.5. The number of amides is 3. The van der Waals surface area contributed by atoms with E-state index in [0.717, 1.165) is 27.1 Å². The Morgan fingerprint density at radius 1 is 1.26 bits per heavy atom. The zero-order chi connectivity index (χ0) is 23.9. The van der Waals surface area contributed by atoms with Crippen LogP contribution >= 0.6 is 11.8 Å². The van der Waals surface area contributed by atoms with Crippen molar-refractivity contribution in [1.29, 1.82) is 0 Å². The van der Waals surface area contributed by atoms with Crippen LogP contribution in [0.3, 0.4) is 0 Å². The number of nitrogen functional groups attached to an aromatic ring is 1. The van der Waals surface area contributed by atoms with Crippen LogP contribution in [0.2, 0.25) is 0 Å². The highest BCUT2D eigenvalue weighted by Crippen LogP contribution is 2.50. The van der Waals surface area contributed by atoms with Crippen LogP contribution in [0, 0.1) is 0 Å². The molecule has 34 heavy (non-hydrogen) atoms. The van der Waals surface area contributed by atoms with Crippen LogP contribution in [0.15, 0.2) is 65.5 Å². The Morgan fingerprint density at radius 3 is 2.91 bits per heavy atom. The van der Waals surface area contributed by atoms with Gasteiger partial charge in [0.05, 0.1) is 19.3 Å². The van der Waals surface area contributed by atoms with Crippen molar-refractivity contribution in [3.8, 4) is 5.75 Å². The second-order valence-electron chi connectivity index (χ2n) is 8.13. The number of urea groups is 1. The van der Waals surface area contributed by atoms with E-state index in [1.54, 1.807) is 42.6 Å². The predicted octanol–water partition coefficient (Wildman–Crippen LogP) is 2.95. The molecule has 0 saturated carbocycles. The standard InChI is InChI=1S/C24H24N6O3S/c1-33-15-5-6-18(25)17(11-15)24(22(26)31)29-20-8-10-30(13-21(20)34-24)23(32)28-19-4-2-3-14-12-27-9-7-16(14)19/h2-7,9,11-12,29H,8,10,13,25H2,1H3,(H2,26,31)(H,28,32). The van der Waals surface area contributed by atoms with Crippen LogP contribution in [0.5, 0.6) is 5.75 Å². The highest BCUT2D eigenvalue weighted by Gasteiger charge is 2.48. The van der Waals surface area contributed by atoms with Crippen molar-refractivity contribution >= 4 is 45.8 Å². The average Bonchev–Trinajstić information content (AvgIpc) is 3.24. The molecule has 6 N–H and O–H groups in total. The lowest BCUT2D eigenvalue weighted by molar-refractivity contribution is -0.121. The number of nitrogens with two attached hydrogens (primary N) is 2. The van der Waals surface area contributed by atoms with Crippen molar-refractivity contribution < 1.29 is 14.3 Å². The molecule has 0 saturated heterocycles. The number of nitrogens with one attached hydrogen (secondary N) is 2. The number of thioether (sulfide) groups is 1. The first-order valence-corrected chi connectivity index (χ1v) is 11.5. The second-order valence-corrected chi connectivity index (χ2v) is 9.44. The summed E-state index contributed by atoms with van der Waals surface area (Å²) in [6.45, 7) is 0.844. The minimum Gasteiger partial charge on any atom is -0.497 e. The maximum Gasteiger partial charge on any atom is 0.322 e. The Kier molecular flexibility index (Phi) is 5.45. The normalized spacial score (nSPS) is 19.5. The van der Waals surface area contributed by atoms with Gasteiger partial charge >= 0.3 is 6.03 Å². The number of aromatic nitrogens is 1. The lowest BCUT2D eigenvalue weighted by Gasteiger charge is -2.28. The number of ether oxygens (including phenoxy) is 1. The molecule has 9 nitrogen and oxygen atoms in total. The first-order valence-electron chi connectivity index (χ1n) is 10.7. The maximum absolute atomic E-state index is 13.1. The Morgan fingerprint density at radius 2 is 2.12 bits per heavy atom. The van der Waals surface area contributed by atoms with Crippen molar-refractivity contribution in [2.75, 3.05) is 31.2 Å². The number of pyridine rings is 1. The quantitative estimate of drug-likeness (QED) is 0.425. The average molecular weight is 477 g/mol. The first-order chi connectivity index (χ1) is 16.4. The van der Waals surface area contributed by atoms with Gasteiger partial charge in [-0.1, -0.05) is 23.9 Å². The van der Waals surface area contributed by atoms with Crippen LogP contribution in [-0.4, -0.2) is 42.0 Å². The fourth-order valence-corrected chi connectivity index (χ4v) is 5.74. The Hall–Kier alpha value is -3.92. The Labute approximate surface area is 200 Å². The zero-order valence-corrected chi connectivity index (χ0v) is 19.3. The van der Waals surface area contributed by atoms with E-state index < -0.39 is 10.8 Å². The van der Waals surface area contributed by atoms with Crippen LogP contribution < -0.4 is 26.8 Å². The Balaban J connectivity index is 1.37. The summed E-state index contributed by atoms with van der Waals surface area (Å²) in [6.07, 6.45) is 4.02. The van der Waals surface area contributed by atoms with Crippen molar-refractivity contribution in [3.63, 3.8) is 0 Å². The molecular weight excluding hydrogens is 452 g/mol. The number of primary amides is 1. The summed E-state index contributed by atoms with van der Waals surface area (Å²) in [4.78, 5) is 31.3. The summed E-state index contributed by atoms with van der Waals surface area (Å²) in [5.74, 6) is 0.00982. The largest absolute Gasteiger partial charge is 0.497 e. The van der Waals surface area contributed by atoms with E-state index in [0.29, 0.717) is 36.5 Å². The van der Waals surface area contributed by atoms with E-state index in [2.05, 4.69) is 15.6 Å². The highest BCUT2D eigenvalue weighted by atomic mass is 32.2. The Bertz CT molecular complexity index is 1340. The van der Waals surface area contributed by atoms with E-state index in [1.165, 1.54) is 11.8 Å². The van der Waals surface area contributed by atoms with Gasteiger partial charge in [0.15, 0.2) is 4.87 Å². The van der Waals surface area contributed by atoms with Gasteiger partial charge in [0.2, 0.25) is 0 Å². The number of fused-ring (bicyclic) bond motifs is 1. The lowest BCUT2D eigenvalue weighted by Crippen LogP contribution is -2.47. The van der Waals surface area contributed by atoms with Crippen molar-refractivity contribution in [1.82, 2.24) is 15.2 Å². The topological polar surface area (TPSA) is 136 Å². The zero-order valence-electron chi connectivity index (χ0n) is 18.5. The van der Waals surface area contributed by atoms with E-state index in [9.17, 15) is 9.59 Å². The number of benzene rings is 2. The number of anilines is 2. The van der Waals surface area contributed by atoms with Gasteiger partial charge < -0.3 is 31.7 Å². The molecule has 0 bridgehead atoms. The molecule has 2 aliphatic heterocycles. The molecule has 2 aromatic carbocycles. The third-order valence-electron chi connectivity index (χ3n) is 6.10. The third kappa shape index (κ3) is 3.65. The fraction of sp³-hybridized carbons (Fsp3) is 0.208. The summed E-state index contributed by atoms with van der Waals surface area (Å²) < 4.78 is 5.33. The molecule has 1 unspecified atom stereocenters. The molecule has 174 valence electrons. The van der Waals surface area contributed by atoms with Crippen molar-refractivity contribution in [2.45, 2.75) is 11.3 Å². The molecule has 1 atom stereocenters. The molecule has 10 heteroatoms. The maximum atomic E-state index is 13.1. The molecule has 5 rings (SSSR count). The first kappa shape index (κ1) is 21.9. The van der Waals surface area contributed by atoms with Gasteiger partial charge in [0.1, 0.15) is 5.75 Å². The molecule has 3 amide bonds. The number of hydrogen-bond donors (Lipinski definition) is 4. The van der Waals surface area contributed by atoms with E-state index >= 15 is 0 Å². The number of methoxy groups -OCH3 is 1. The summed E-state index contributed by atoms with van der Waals surface area (Å²) in [5, 5.41) is 8.19. The second kappa shape index (κ2) is 8.45.